The second kappa shape index (κ2) is 8.50. The van der Waals surface area contributed by atoms with Gasteiger partial charge in [-0.3, -0.25) is 4.79 Å². The molecule has 4 heteroatoms. The molecule has 1 amide bonds. The number of nitrogens with zero attached hydrogens (tertiary/aromatic N) is 1. The number of ether oxygens (including phenoxy) is 1. The van der Waals surface area contributed by atoms with Gasteiger partial charge in [-0.1, -0.05) is 60.7 Å². The first-order valence-electron chi connectivity index (χ1n) is 8.28. The predicted octanol–water partition coefficient (Wildman–Crippen LogP) is 3.84. The molecule has 26 heavy (non-hydrogen) atoms. The van der Waals surface area contributed by atoms with Crippen molar-refractivity contribution in [3.63, 3.8) is 0 Å². The molecule has 0 spiro atoms. The van der Waals surface area contributed by atoms with Crippen LogP contribution in [-0.4, -0.2) is 12.5 Å². The van der Waals surface area contributed by atoms with E-state index < -0.39 is 0 Å². The topological polar surface area (TPSA) is 62.1 Å². The summed E-state index contributed by atoms with van der Waals surface area (Å²) >= 11 is 0. The van der Waals surface area contributed by atoms with E-state index in [4.69, 9.17) is 10.00 Å². The Balaban J connectivity index is 1.68. The van der Waals surface area contributed by atoms with Crippen LogP contribution in [-0.2, 0) is 4.79 Å². The number of nitrogens with one attached hydrogen (secondary N) is 1. The number of benzene rings is 3. The van der Waals surface area contributed by atoms with E-state index in [1.165, 1.54) is 0 Å². The molecule has 0 radical (unpaired) electrons. The van der Waals surface area contributed by atoms with Gasteiger partial charge < -0.3 is 10.1 Å². The summed E-state index contributed by atoms with van der Waals surface area (Å²) in [6, 6.07) is 28.1. The highest BCUT2D eigenvalue weighted by atomic mass is 16.5. The van der Waals surface area contributed by atoms with E-state index in [2.05, 4.69) is 5.32 Å². The number of amides is 1. The van der Waals surface area contributed by atoms with Crippen molar-refractivity contribution >= 4 is 5.91 Å². The van der Waals surface area contributed by atoms with E-state index in [9.17, 15) is 4.79 Å². The fourth-order valence-corrected chi connectivity index (χ4v) is 2.63. The summed E-state index contributed by atoms with van der Waals surface area (Å²) < 4.78 is 5.52. The van der Waals surface area contributed by atoms with Crippen molar-refractivity contribution in [1.29, 1.82) is 5.26 Å². The van der Waals surface area contributed by atoms with E-state index in [1.807, 2.05) is 66.7 Å². The Morgan fingerprint density at radius 1 is 0.885 bits per heavy atom. The molecule has 0 aliphatic heterocycles. The zero-order chi connectivity index (χ0) is 18.2. The maximum Gasteiger partial charge on any atom is 0.258 e. The SMILES string of the molecule is N#Cc1ccc(OCC(=O)NC(c2ccccc2)c2ccccc2)cc1. The third-order valence-electron chi connectivity index (χ3n) is 3.92. The van der Waals surface area contributed by atoms with Crippen LogP contribution in [0.15, 0.2) is 84.9 Å². The van der Waals surface area contributed by atoms with Gasteiger partial charge in [-0.2, -0.15) is 5.26 Å². The largest absolute Gasteiger partial charge is 0.484 e. The Hall–Kier alpha value is -3.58. The molecule has 0 fully saturated rings. The molecule has 1 N–H and O–H groups in total. The van der Waals surface area contributed by atoms with Crippen molar-refractivity contribution in [2.75, 3.05) is 6.61 Å². The zero-order valence-electron chi connectivity index (χ0n) is 14.1. The average Bonchev–Trinajstić information content (AvgIpc) is 2.72. The summed E-state index contributed by atoms with van der Waals surface area (Å²) in [5, 5.41) is 11.8. The minimum Gasteiger partial charge on any atom is -0.484 e. The van der Waals surface area contributed by atoms with Crippen LogP contribution in [0.2, 0.25) is 0 Å². The Morgan fingerprint density at radius 2 is 1.42 bits per heavy atom. The average molecular weight is 342 g/mol. The summed E-state index contributed by atoms with van der Waals surface area (Å²) in [5.41, 5.74) is 2.56. The third-order valence-corrected chi connectivity index (χ3v) is 3.92. The number of hydrogen-bond acceptors (Lipinski definition) is 3. The van der Waals surface area contributed by atoms with E-state index in [0.29, 0.717) is 11.3 Å². The van der Waals surface area contributed by atoms with Crippen molar-refractivity contribution in [1.82, 2.24) is 5.32 Å². The predicted molar refractivity (Wildman–Crippen MR) is 99.5 cm³/mol. The van der Waals surface area contributed by atoms with Crippen LogP contribution in [0.5, 0.6) is 5.75 Å². The van der Waals surface area contributed by atoms with Gasteiger partial charge in [-0.05, 0) is 35.4 Å². The minimum atomic E-state index is -0.241. The minimum absolute atomic E-state index is 0.0952. The first kappa shape index (κ1) is 17.2. The summed E-state index contributed by atoms with van der Waals surface area (Å²) in [4.78, 5) is 12.4. The Bertz CT molecular complexity index is 845. The molecule has 4 nitrogen and oxygen atoms in total. The summed E-state index contributed by atoms with van der Waals surface area (Å²) in [6.07, 6.45) is 0. The number of carbonyl (C=O) groups is 1. The van der Waals surface area contributed by atoms with Crippen LogP contribution < -0.4 is 10.1 Å². The number of carbonyl (C=O) groups excluding carboxylic acids is 1. The molecular formula is C22H18N2O2. The van der Waals surface area contributed by atoms with Gasteiger partial charge in [0, 0.05) is 0 Å². The Kier molecular flexibility index (Phi) is 5.64. The molecule has 3 rings (SSSR count). The molecule has 0 bridgehead atoms. The summed E-state index contributed by atoms with van der Waals surface area (Å²) in [6.45, 7) is -0.0952. The van der Waals surface area contributed by atoms with Crippen LogP contribution in [0.3, 0.4) is 0 Å². The van der Waals surface area contributed by atoms with Crippen molar-refractivity contribution in [2.24, 2.45) is 0 Å². The lowest BCUT2D eigenvalue weighted by molar-refractivity contribution is -0.123. The first-order chi connectivity index (χ1) is 12.8. The maximum absolute atomic E-state index is 12.4. The molecule has 0 aromatic heterocycles. The Morgan fingerprint density at radius 3 is 1.92 bits per heavy atom. The normalized spacial score (nSPS) is 10.2. The second-order valence-electron chi connectivity index (χ2n) is 5.75. The van der Waals surface area contributed by atoms with Gasteiger partial charge in [0.25, 0.3) is 5.91 Å². The van der Waals surface area contributed by atoms with Gasteiger partial charge in [-0.15, -0.1) is 0 Å². The van der Waals surface area contributed by atoms with E-state index in [1.54, 1.807) is 24.3 Å². The van der Waals surface area contributed by atoms with E-state index in [-0.39, 0.29) is 18.6 Å². The molecule has 0 unspecified atom stereocenters. The van der Waals surface area contributed by atoms with Gasteiger partial charge in [0.2, 0.25) is 0 Å². The molecule has 3 aromatic carbocycles. The molecule has 0 atom stereocenters. The third kappa shape index (κ3) is 4.49. The molecule has 0 heterocycles. The summed E-state index contributed by atoms with van der Waals surface area (Å²) in [7, 11) is 0. The summed E-state index contributed by atoms with van der Waals surface area (Å²) in [5.74, 6) is 0.335. The van der Waals surface area contributed by atoms with E-state index >= 15 is 0 Å². The second-order valence-corrected chi connectivity index (χ2v) is 5.75. The number of rotatable bonds is 6. The van der Waals surface area contributed by atoms with Gasteiger partial charge in [0.15, 0.2) is 6.61 Å². The molecular weight excluding hydrogens is 324 g/mol. The van der Waals surface area contributed by atoms with Crippen LogP contribution in [0, 0.1) is 11.3 Å². The Labute approximate surface area is 152 Å². The quantitative estimate of drug-likeness (QED) is 0.740. The van der Waals surface area contributed by atoms with Crippen LogP contribution in [0.1, 0.15) is 22.7 Å². The van der Waals surface area contributed by atoms with Gasteiger partial charge in [0.1, 0.15) is 5.75 Å². The monoisotopic (exact) mass is 342 g/mol. The maximum atomic E-state index is 12.4. The van der Waals surface area contributed by atoms with Crippen LogP contribution in [0.4, 0.5) is 0 Å². The van der Waals surface area contributed by atoms with E-state index in [0.717, 1.165) is 11.1 Å². The highest BCUT2D eigenvalue weighted by molar-refractivity contribution is 5.78. The number of nitriles is 1. The number of hydrogen-bond donors (Lipinski definition) is 1. The molecule has 0 saturated heterocycles. The lowest BCUT2D eigenvalue weighted by Gasteiger charge is -2.20. The fraction of sp³-hybridized carbons (Fsp3) is 0.0909. The van der Waals surface area contributed by atoms with Crippen molar-refractivity contribution in [2.45, 2.75) is 6.04 Å². The molecule has 0 aliphatic carbocycles. The molecule has 3 aromatic rings. The lowest BCUT2D eigenvalue weighted by atomic mass is 9.99. The van der Waals surface area contributed by atoms with Gasteiger partial charge >= 0.3 is 0 Å². The van der Waals surface area contributed by atoms with Gasteiger partial charge in [-0.25, -0.2) is 0 Å². The zero-order valence-corrected chi connectivity index (χ0v) is 14.1. The van der Waals surface area contributed by atoms with Crippen molar-refractivity contribution in [3.05, 3.63) is 102 Å². The first-order valence-corrected chi connectivity index (χ1v) is 8.28. The van der Waals surface area contributed by atoms with Crippen molar-refractivity contribution in [3.8, 4) is 11.8 Å². The highest BCUT2D eigenvalue weighted by Crippen LogP contribution is 2.21. The fourth-order valence-electron chi connectivity index (χ4n) is 2.63. The molecule has 0 aliphatic rings. The van der Waals surface area contributed by atoms with Crippen LogP contribution >= 0.6 is 0 Å². The molecule has 0 saturated carbocycles. The van der Waals surface area contributed by atoms with Gasteiger partial charge in [0.05, 0.1) is 17.7 Å². The van der Waals surface area contributed by atoms with Crippen molar-refractivity contribution < 1.29 is 9.53 Å². The smallest absolute Gasteiger partial charge is 0.258 e. The standard InChI is InChI=1S/C22H18N2O2/c23-15-17-11-13-20(14-12-17)26-16-21(25)24-22(18-7-3-1-4-8-18)19-9-5-2-6-10-19/h1-14,22H,16H2,(H,24,25). The van der Waals surface area contributed by atoms with Crippen LogP contribution in [0.25, 0.3) is 0 Å². The highest BCUT2D eigenvalue weighted by Gasteiger charge is 2.16. The lowest BCUT2D eigenvalue weighted by Crippen LogP contribution is -2.33. The molecule has 128 valence electrons.